The molecule has 1 amide bonds. The van der Waals surface area contributed by atoms with E-state index in [4.69, 9.17) is 21.8 Å². The van der Waals surface area contributed by atoms with Gasteiger partial charge in [-0.3, -0.25) is 14.6 Å². The summed E-state index contributed by atoms with van der Waals surface area (Å²) >= 11 is 6.49. The summed E-state index contributed by atoms with van der Waals surface area (Å²) in [6.45, 7) is 0.0370. The molecule has 0 unspecified atom stereocenters. The highest BCUT2D eigenvalue weighted by Gasteiger charge is 2.35. The van der Waals surface area contributed by atoms with Crippen molar-refractivity contribution in [2.75, 3.05) is 18.8 Å². The standard InChI is InChI=1S/C29H25ClF2N4O3/c30-24-15-20(25-7-3-19(17-34-25)28(38)36-11-9-29(31,32)10-12-36)13-21-14-23(39-27(21)24)6-5-22(37)4-1-18-2-8-26(33)35-16-18/h1-4,7-8,13-17H,5-6,9-12H2,(H2,33,35)/b4-1+. The number of nitrogens with two attached hydrogens (primary N) is 1. The molecule has 0 radical (unpaired) electrons. The van der Waals surface area contributed by atoms with Crippen LogP contribution in [0.3, 0.4) is 0 Å². The number of pyridine rings is 2. The average Bonchev–Trinajstić information content (AvgIpc) is 3.35. The van der Waals surface area contributed by atoms with Crippen LogP contribution in [0, 0.1) is 0 Å². The molecule has 3 aromatic heterocycles. The number of amides is 1. The number of furan rings is 1. The summed E-state index contributed by atoms with van der Waals surface area (Å²) in [6.07, 6.45) is 6.23. The highest BCUT2D eigenvalue weighted by molar-refractivity contribution is 6.35. The molecule has 0 spiro atoms. The molecular formula is C29H25ClF2N4O3. The Bertz CT molecular complexity index is 1540. The fraction of sp³-hybridized carbons (Fsp3) is 0.241. The Balaban J connectivity index is 1.24. The summed E-state index contributed by atoms with van der Waals surface area (Å²) in [6, 6.07) is 12.2. The van der Waals surface area contributed by atoms with Crippen LogP contribution in [0.2, 0.25) is 5.02 Å². The maximum atomic E-state index is 13.4. The maximum absolute atomic E-state index is 13.4. The van der Waals surface area contributed by atoms with Crippen LogP contribution in [0.1, 0.15) is 40.9 Å². The van der Waals surface area contributed by atoms with E-state index in [1.165, 1.54) is 17.2 Å². The lowest BCUT2D eigenvalue weighted by atomic mass is 10.1. The Labute approximate surface area is 228 Å². The summed E-state index contributed by atoms with van der Waals surface area (Å²) in [5, 5.41) is 1.16. The van der Waals surface area contributed by atoms with Gasteiger partial charge in [-0.2, -0.15) is 0 Å². The van der Waals surface area contributed by atoms with E-state index in [1.54, 1.807) is 42.6 Å². The van der Waals surface area contributed by atoms with Crippen LogP contribution >= 0.6 is 11.6 Å². The number of rotatable bonds is 7. The summed E-state index contributed by atoms with van der Waals surface area (Å²) in [7, 11) is 0. The molecule has 5 rings (SSSR count). The van der Waals surface area contributed by atoms with Crippen LogP contribution in [-0.4, -0.2) is 45.6 Å². The van der Waals surface area contributed by atoms with Crippen molar-refractivity contribution >= 4 is 46.2 Å². The second kappa shape index (κ2) is 10.9. The van der Waals surface area contributed by atoms with Gasteiger partial charge in [-0.05, 0) is 60.2 Å². The average molecular weight is 551 g/mol. The number of ketones is 1. The fourth-order valence-electron chi connectivity index (χ4n) is 4.38. The molecule has 0 aliphatic carbocycles. The minimum atomic E-state index is -2.72. The van der Waals surface area contributed by atoms with Crippen LogP contribution in [-0.2, 0) is 11.2 Å². The molecule has 1 aromatic carbocycles. The van der Waals surface area contributed by atoms with Crippen molar-refractivity contribution in [1.29, 1.82) is 0 Å². The highest BCUT2D eigenvalue weighted by atomic mass is 35.5. The van der Waals surface area contributed by atoms with E-state index in [2.05, 4.69) is 9.97 Å². The molecule has 10 heteroatoms. The first-order valence-corrected chi connectivity index (χ1v) is 12.8. The monoisotopic (exact) mass is 550 g/mol. The van der Waals surface area contributed by atoms with Crippen molar-refractivity contribution < 1.29 is 22.8 Å². The number of nitrogen functional groups attached to an aromatic ring is 1. The number of hydrogen-bond acceptors (Lipinski definition) is 6. The van der Waals surface area contributed by atoms with Crippen LogP contribution in [0.5, 0.6) is 0 Å². The third kappa shape index (κ3) is 6.31. The van der Waals surface area contributed by atoms with Crippen LogP contribution < -0.4 is 5.73 Å². The summed E-state index contributed by atoms with van der Waals surface area (Å²) in [5.74, 6) is -2.05. The molecular weight excluding hydrogens is 526 g/mol. The second-order valence-electron chi connectivity index (χ2n) is 9.49. The van der Waals surface area contributed by atoms with Gasteiger partial charge in [0.15, 0.2) is 11.4 Å². The normalized spacial score (nSPS) is 15.2. The lowest BCUT2D eigenvalue weighted by molar-refractivity contribution is -0.114. The molecule has 0 saturated carbocycles. The summed E-state index contributed by atoms with van der Waals surface area (Å²) in [4.78, 5) is 34.8. The van der Waals surface area contributed by atoms with Crippen molar-refractivity contribution in [2.24, 2.45) is 0 Å². The van der Waals surface area contributed by atoms with E-state index in [0.717, 1.165) is 16.5 Å². The van der Waals surface area contributed by atoms with E-state index >= 15 is 0 Å². The van der Waals surface area contributed by atoms with Crippen LogP contribution in [0.4, 0.5) is 14.6 Å². The number of fused-ring (bicyclic) bond motifs is 1. The topological polar surface area (TPSA) is 102 Å². The van der Waals surface area contributed by atoms with Gasteiger partial charge in [-0.1, -0.05) is 11.6 Å². The van der Waals surface area contributed by atoms with Crippen molar-refractivity contribution in [2.45, 2.75) is 31.6 Å². The molecule has 39 heavy (non-hydrogen) atoms. The van der Waals surface area contributed by atoms with Crippen molar-refractivity contribution in [3.05, 3.63) is 82.8 Å². The first-order chi connectivity index (χ1) is 18.7. The van der Waals surface area contributed by atoms with Crippen LogP contribution in [0.15, 0.2) is 65.4 Å². The van der Waals surface area contributed by atoms with Crippen molar-refractivity contribution in [1.82, 2.24) is 14.9 Å². The zero-order valence-electron chi connectivity index (χ0n) is 20.9. The number of carbonyl (C=O) groups is 2. The van der Waals surface area contributed by atoms with Gasteiger partial charge in [0.25, 0.3) is 11.8 Å². The summed E-state index contributed by atoms with van der Waals surface area (Å²) in [5.41, 5.74) is 8.53. The number of likely N-dealkylation sites (tertiary alicyclic amines) is 1. The number of anilines is 1. The first kappa shape index (κ1) is 26.5. The zero-order chi connectivity index (χ0) is 27.6. The Morgan fingerprint density at radius 1 is 1.08 bits per heavy atom. The van der Waals surface area contributed by atoms with E-state index < -0.39 is 5.92 Å². The van der Waals surface area contributed by atoms with Gasteiger partial charge >= 0.3 is 0 Å². The van der Waals surface area contributed by atoms with E-state index in [1.807, 2.05) is 12.1 Å². The Morgan fingerprint density at radius 3 is 2.56 bits per heavy atom. The number of alkyl halides is 2. The maximum Gasteiger partial charge on any atom is 0.255 e. The smallest absolute Gasteiger partial charge is 0.255 e. The Kier molecular flexibility index (Phi) is 7.43. The number of allylic oxidation sites excluding steroid dienone is 1. The van der Waals surface area contributed by atoms with Gasteiger partial charge in [0.2, 0.25) is 0 Å². The quantitative estimate of drug-likeness (QED) is 0.274. The van der Waals surface area contributed by atoms with Gasteiger partial charge in [0, 0.05) is 62.1 Å². The molecule has 1 aliphatic rings. The Hall–Kier alpha value is -4.11. The fourth-order valence-corrected chi connectivity index (χ4v) is 4.64. The highest BCUT2D eigenvalue weighted by Crippen LogP contribution is 2.33. The van der Waals surface area contributed by atoms with Gasteiger partial charge < -0.3 is 15.1 Å². The number of aromatic nitrogens is 2. The molecule has 200 valence electrons. The molecule has 1 saturated heterocycles. The van der Waals surface area contributed by atoms with Gasteiger partial charge in [0.1, 0.15) is 11.6 Å². The van der Waals surface area contributed by atoms with Crippen molar-refractivity contribution in [3.8, 4) is 11.3 Å². The number of halogens is 3. The van der Waals surface area contributed by atoms with Gasteiger partial charge in [-0.25, -0.2) is 13.8 Å². The number of aryl methyl sites for hydroxylation is 1. The first-order valence-electron chi connectivity index (χ1n) is 12.4. The van der Waals surface area contributed by atoms with E-state index in [-0.39, 0.29) is 44.0 Å². The number of hydrogen-bond donors (Lipinski definition) is 1. The Morgan fingerprint density at radius 2 is 1.87 bits per heavy atom. The number of benzene rings is 1. The zero-order valence-corrected chi connectivity index (χ0v) is 21.6. The number of nitrogens with zero attached hydrogens (tertiary/aromatic N) is 3. The predicted octanol–water partition coefficient (Wildman–Crippen LogP) is 6.21. The van der Waals surface area contributed by atoms with Gasteiger partial charge in [-0.15, -0.1) is 0 Å². The number of carbonyl (C=O) groups excluding carboxylic acids is 2. The number of piperidine rings is 1. The third-order valence-corrected chi connectivity index (χ3v) is 6.88. The van der Waals surface area contributed by atoms with Gasteiger partial charge in [0.05, 0.1) is 16.3 Å². The molecule has 1 aliphatic heterocycles. The lowest BCUT2D eigenvalue weighted by Gasteiger charge is -2.31. The molecule has 0 atom stereocenters. The molecule has 4 aromatic rings. The minimum Gasteiger partial charge on any atom is -0.459 e. The second-order valence-corrected chi connectivity index (χ2v) is 9.89. The minimum absolute atomic E-state index is 0.0185. The van der Waals surface area contributed by atoms with E-state index in [0.29, 0.717) is 39.9 Å². The molecule has 4 heterocycles. The van der Waals surface area contributed by atoms with Crippen LogP contribution in [0.25, 0.3) is 28.3 Å². The molecule has 1 fully saturated rings. The third-order valence-electron chi connectivity index (χ3n) is 6.60. The largest absolute Gasteiger partial charge is 0.459 e. The predicted molar refractivity (Wildman–Crippen MR) is 146 cm³/mol. The molecule has 7 nitrogen and oxygen atoms in total. The summed E-state index contributed by atoms with van der Waals surface area (Å²) < 4.78 is 32.7. The van der Waals surface area contributed by atoms with E-state index in [9.17, 15) is 18.4 Å². The van der Waals surface area contributed by atoms with Crippen molar-refractivity contribution in [3.63, 3.8) is 0 Å². The SMILES string of the molecule is Nc1ccc(/C=C/C(=O)CCc2cc3cc(-c4ccc(C(=O)N5CCC(F)(F)CC5)cn4)cc(Cl)c3o2)cn1. The molecule has 0 bridgehead atoms. The molecule has 2 N–H and O–H groups in total. The lowest BCUT2D eigenvalue weighted by Crippen LogP contribution is -2.42.